The number of halogens is 1. The fraction of sp³-hybridized carbons (Fsp3) is 0.556. The molecule has 19 heavy (non-hydrogen) atoms. The zero-order valence-electron chi connectivity index (χ0n) is 10.5. The highest BCUT2D eigenvalue weighted by atomic mass is 35.5. The summed E-state index contributed by atoms with van der Waals surface area (Å²) in [5.41, 5.74) is 1.15. The van der Waals surface area contributed by atoms with Gasteiger partial charge in [0.1, 0.15) is 0 Å². The molecule has 0 aliphatic rings. The van der Waals surface area contributed by atoms with Gasteiger partial charge in [-0.1, -0.05) is 23.3 Å². The second kappa shape index (κ2) is 8.35. The molecule has 0 amide bonds. The number of phosphoric ester groups is 1. The standard InChI is InChI=1S/C9H17ClO7P2/c1-8(2)4-3-5-9(10)6-7-16-19(14,15)17-18(11,12)13/h4,6H,3,5,7H2,1-2H3,(H,14,15)(H2,11,12,13)/b9-6-. The monoisotopic (exact) mass is 334 g/mol. The lowest BCUT2D eigenvalue weighted by atomic mass is 10.2. The van der Waals surface area contributed by atoms with E-state index in [0.29, 0.717) is 17.9 Å². The third-order valence-electron chi connectivity index (χ3n) is 1.69. The molecule has 3 N–H and O–H groups in total. The molecular formula is C9H17ClO7P2. The summed E-state index contributed by atoms with van der Waals surface area (Å²) < 4.78 is 29.3. The average molecular weight is 335 g/mol. The van der Waals surface area contributed by atoms with Crippen LogP contribution in [0.2, 0.25) is 0 Å². The summed E-state index contributed by atoms with van der Waals surface area (Å²) in [6.45, 7) is 3.51. The number of allylic oxidation sites excluding steroid dienone is 3. The van der Waals surface area contributed by atoms with Crippen molar-refractivity contribution in [1.82, 2.24) is 0 Å². The van der Waals surface area contributed by atoms with Gasteiger partial charge in [0.15, 0.2) is 0 Å². The van der Waals surface area contributed by atoms with Crippen molar-refractivity contribution >= 4 is 27.2 Å². The maximum absolute atomic E-state index is 11.1. The fourth-order valence-electron chi connectivity index (χ4n) is 0.981. The third kappa shape index (κ3) is 12.8. The molecule has 0 saturated heterocycles. The molecule has 7 nitrogen and oxygen atoms in total. The van der Waals surface area contributed by atoms with Crippen molar-refractivity contribution in [3.8, 4) is 0 Å². The SMILES string of the molecule is CC(C)=CCC/C(Cl)=C/COP(=O)(O)OP(=O)(O)O. The minimum Gasteiger partial charge on any atom is -0.302 e. The van der Waals surface area contributed by atoms with Gasteiger partial charge in [0.25, 0.3) is 0 Å². The molecule has 0 saturated carbocycles. The highest BCUT2D eigenvalue weighted by molar-refractivity contribution is 7.60. The summed E-state index contributed by atoms with van der Waals surface area (Å²) in [6, 6.07) is 0. The number of hydrogen-bond donors (Lipinski definition) is 3. The van der Waals surface area contributed by atoms with Crippen LogP contribution in [0.4, 0.5) is 0 Å². The van der Waals surface area contributed by atoms with Gasteiger partial charge in [-0.15, -0.1) is 0 Å². The normalized spacial score (nSPS) is 16.0. The third-order valence-corrected chi connectivity index (χ3v) is 4.18. The zero-order valence-corrected chi connectivity index (χ0v) is 13.1. The average Bonchev–Trinajstić information content (AvgIpc) is 2.12. The molecule has 1 atom stereocenters. The topological polar surface area (TPSA) is 113 Å². The van der Waals surface area contributed by atoms with Crippen molar-refractivity contribution in [2.24, 2.45) is 0 Å². The molecule has 1 unspecified atom stereocenters. The Balaban J connectivity index is 4.16. The first-order chi connectivity index (χ1) is 8.52. The highest BCUT2D eigenvalue weighted by Gasteiger charge is 2.31. The van der Waals surface area contributed by atoms with Gasteiger partial charge in [-0.2, -0.15) is 4.31 Å². The molecule has 0 bridgehead atoms. The van der Waals surface area contributed by atoms with E-state index in [9.17, 15) is 9.13 Å². The van der Waals surface area contributed by atoms with Crippen molar-refractivity contribution in [3.05, 3.63) is 22.8 Å². The Labute approximate surface area is 116 Å². The van der Waals surface area contributed by atoms with Gasteiger partial charge in [0.2, 0.25) is 0 Å². The van der Waals surface area contributed by atoms with Crippen LogP contribution in [0.5, 0.6) is 0 Å². The Morgan fingerprint density at radius 3 is 2.26 bits per heavy atom. The van der Waals surface area contributed by atoms with Crippen molar-refractivity contribution < 1.29 is 32.6 Å². The Bertz CT molecular complexity index is 436. The molecule has 0 heterocycles. The highest BCUT2D eigenvalue weighted by Crippen LogP contribution is 2.57. The van der Waals surface area contributed by atoms with Crippen LogP contribution >= 0.6 is 27.2 Å². The Hall–Kier alpha value is 0.0300. The Morgan fingerprint density at radius 2 is 1.79 bits per heavy atom. The van der Waals surface area contributed by atoms with Crippen LogP contribution in [-0.4, -0.2) is 21.3 Å². The van der Waals surface area contributed by atoms with Crippen LogP contribution in [0.3, 0.4) is 0 Å². The summed E-state index contributed by atoms with van der Waals surface area (Å²) in [4.78, 5) is 25.7. The molecule has 0 fully saturated rings. The van der Waals surface area contributed by atoms with E-state index in [4.69, 9.17) is 26.3 Å². The van der Waals surface area contributed by atoms with Gasteiger partial charge in [0.05, 0.1) is 6.61 Å². The Morgan fingerprint density at radius 1 is 1.21 bits per heavy atom. The quantitative estimate of drug-likeness (QED) is 0.461. The molecule has 0 aliphatic carbocycles. The minimum atomic E-state index is -5.08. The summed E-state index contributed by atoms with van der Waals surface area (Å²) >= 11 is 5.81. The summed E-state index contributed by atoms with van der Waals surface area (Å²) in [7, 11) is -9.87. The van der Waals surface area contributed by atoms with E-state index in [1.54, 1.807) is 0 Å². The molecule has 10 heteroatoms. The second-order valence-electron chi connectivity index (χ2n) is 3.81. The van der Waals surface area contributed by atoms with E-state index < -0.39 is 15.6 Å². The van der Waals surface area contributed by atoms with E-state index >= 15 is 0 Å². The Kier molecular flexibility index (Phi) is 8.36. The lowest BCUT2D eigenvalue weighted by molar-refractivity contribution is 0.191. The lowest BCUT2D eigenvalue weighted by Gasteiger charge is -2.11. The van der Waals surface area contributed by atoms with E-state index in [2.05, 4.69) is 8.83 Å². The molecule has 112 valence electrons. The van der Waals surface area contributed by atoms with Crippen molar-refractivity contribution in [1.29, 1.82) is 0 Å². The van der Waals surface area contributed by atoms with Gasteiger partial charge in [0, 0.05) is 5.03 Å². The molecule has 0 rings (SSSR count). The zero-order chi connectivity index (χ0) is 15.1. The fourth-order valence-corrected chi connectivity index (χ4v) is 2.68. The van der Waals surface area contributed by atoms with Crippen LogP contribution in [0.25, 0.3) is 0 Å². The van der Waals surface area contributed by atoms with Crippen LogP contribution in [0.15, 0.2) is 22.8 Å². The smallest absolute Gasteiger partial charge is 0.302 e. The van der Waals surface area contributed by atoms with Crippen LogP contribution in [-0.2, 0) is 18.0 Å². The first kappa shape index (κ1) is 19.0. The van der Waals surface area contributed by atoms with E-state index in [0.717, 1.165) is 5.57 Å². The van der Waals surface area contributed by atoms with E-state index in [1.807, 2.05) is 19.9 Å². The molecule has 0 radical (unpaired) electrons. The van der Waals surface area contributed by atoms with Gasteiger partial charge < -0.3 is 14.7 Å². The van der Waals surface area contributed by atoms with Crippen LogP contribution in [0, 0.1) is 0 Å². The summed E-state index contributed by atoms with van der Waals surface area (Å²) in [5, 5.41) is 0.411. The van der Waals surface area contributed by atoms with Crippen LogP contribution in [0.1, 0.15) is 26.7 Å². The number of phosphoric acid groups is 2. The predicted octanol–water partition coefficient (Wildman–Crippen LogP) is 3.08. The molecule has 0 spiro atoms. The van der Waals surface area contributed by atoms with Crippen molar-refractivity contribution in [2.45, 2.75) is 26.7 Å². The van der Waals surface area contributed by atoms with E-state index in [1.165, 1.54) is 6.08 Å². The first-order valence-corrected chi connectivity index (χ1v) is 8.64. The molecule has 0 aromatic carbocycles. The van der Waals surface area contributed by atoms with Gasteiger partial charge in [-0.25, -0.2) is 9.13 Å². The van der Waals surface area contributed by atoms with Gasteiger partial charge in [-0.05, 0) is 32.8 Å². The minimum absolute atomic E-state index is 0.387. The number of rotatable bonds is 8. The first-order valence-electron chi connectivity index (χ1n) is 5.24. The molecule has 0 aromatic heterocycles. The molecule has 0 aromatic rings. The van der Waals surface area contributed by atoms with E-state index in [-0.39, 0.29) is 6.61 Å². The van der Waals surface area contributed by atoms with Crippen molar-refractivity contribution in [3.63, 3.8) is 0 Å². The van der Waals surface area contributed by atoms with Gasteiger partial charge in [-0.3, -0.25) is 4.52 Å². The molecule has 0 aliphatic heterocycles. The van der Waals surface area contributed by atoms with Gasteiger partial charge >= 0.3 is 15.6 Å². The number of hydrogen-bond acceptors (Lipinski definition) is 4. The van der Waals surface area contributed by atoms with Crippen LogP contribution < -0.4 is 0 Å². The van der Waals surface area contributed by atoms with Crippen molar-refractivity contribution in [2.75, 3.05) is 6.61 Å². The largest absolute Gasteiger partial charge is 0.481 e. The summed E-state index contributed by atoms with van der Waals surface area (Å²) in [6.07, 6.45) is 4.55. The lowest BCUT2D eigenvalue weighted by Crippen LogP contribution is -1.94. The maximum atomic E-state index is 11.1. The summed E-state index contributed by atoms with van der Waals surface area (Å²) in [5.74, 6) is 0. The maximum Gasteiger partial charge on any atom is 0.481 e. The second-order valence-corrected chi connectivity index (χ2v) is 7.12. The molecular weight excluding hydrogens is 317 g/mol. The predicted molar refractivity (Wildman–Crippen MR) is 71.5 cm³/mol.